The zero-order chi connectivity index (χ0) is 13.5. The number of carbonyl (C=O) groups is 2. The topological polar surface area (TPSA) is 76.7 Å². The van der Waals surface area contributed by atoms with Gasteiger partial charge in [-0.25, -0.2) is 4.79 Å². The number of benzene rings is 1. The molecule has 1 spiro atoms. The van der Waals surface area contributed by atoms with Gasteiger partial charge in [0.1, 0.15) is 11.5 Å². The second-order valence-electron chi connectivity index (χ2n) is 4.50. The molecule has 100 valence electrons. The molecule has 1 saturated heterocycles. The van der Waals surface area contributed by atoms with E-state index in [-0.39, 0.29) is 5.91 Å². The summed E-state index contributed by atoms with van der Waals surface area (Å²) in [5.74, 6) is 0.919. The van der Waals surface area contributed by atoms with Gasteiger partial charge in [0.05, 0.1) is 13.2 Å². The van der Waals surface area contributed by atoms with Crippen molar-refractivity contribution in [3.8, 4) is 11.5 Å². The molecule has 2 aliphatic heterocycles. The molecule has 2 aliphatic rings. The number of hydrogen-bond donors (Lipinski definition) is 2. The summed E-state index contributed by atoms with van der Waals surface area (Å²) >= 11 is 0. The predicted molar refractivity (Wildman–Crippen MR) is 66.1 cm³/mol. The highest BCUT2D eigenvalue weighted by molar-refractivity contribution is 6.07. The summed E-state index contributed by atoms with van der Waals surface area (Å²) in [6.45, 7) is 2.80. The van der Waals surface area contributed by atoms with Crippen LogP contribution >= 0.6 is 0 Å². The first kappa shape index (κ1) is 11.8. The van der Waals surface area contributed by atoms with Crippen LogP contribution in [0.3, 0.4) is 0 Å². The summed E-state index contributed by atoms with van der Waals surface area (Å²) < 4.78 is 11.0. The molecular formula is C13H14N2O4. The van der Waals surface area contributed by atoms with Crippen LogP contribution in [0.1, 0.15) is 18.9 Å². The third kappa shape index (κ3) is 1.71. The molecule has 1 atom stereocenters. The maximum atomic E-state index is 12.1. The molecular weight excluding hydrogens is 248 g/mol. The van der Waals surface area contributed by atoms with Crippen LogP contribution in [0.15, 0.2) is 18.2 Å². The minimum absolute atomic E-state index is 0.337. The number of fused-ring (bicyclic) bond motifs is 2. The Morgan fingerprint density at radius 1 is 1.42 bits per heavy atom. The molecule has 2 N–H and O–H groups in total. The smallest absolute Gasteiger partial charge is 0.322 e. The van der Waals surface area contributed by atoms with Crippen molar-refractivity contribution in [1.29, 1.82) is 0 Å². The molecule has 0 radical (unpaired) electrons. The molecule has 3 rings (SSSR count). The molecule has 1 aromatic rings. The third-order valence-electron chi connectivity index (χ3n) is 3.40. The van der Waals surface area contributed by atoms with E-state index >= 15 is 0 Å². The largest absolute Gasteiger partial charge is 0.494 e. The lowest BCUT2D eigenvalue weighted by atomic mass is 9.84. The molecule has 0 saturated carbocycles. The molecule has 0 aromatic heterocycles. The van der Waals surface area contributed by atoms with E-state index in [9.17, 15) is 9.59 Å². The van der Waals surface area contributed by atoms with E-state index in [0.717, 1.165) is 0 Å². The van der Waals surface area contributed by atoms with E-state index in [1.807, 2.05) is 6.92 Å². The van der Waals surface area contributed by atoms with Gasteiger partial charge in [0.25, 0.3) is 5.91 Å². The van der Waals surface area contributed by atoms with Crippen LogP contribution in [-0.4, -0.2) is 25.2 Å². The van der Waals surface area contributed by atoms with Crippen molar-refractivity contribution < 1.29 is 19.1 Å². The monoisotopic (exact) mass is 262 g/mol. The summed E-state index contributed by atoms with van der Waals surface area (Å²) in [7, 11) is 0. The first-order valence-corrected chi connectivity index (χ1v) is 6.19. The van der Waals surface area contributed by atoms with Gasteiger partial charge in [0.15, 0.2) is 5.54 Å². The van der Waals surface area contributed by atoms with Crippen LogP contribution in [0.4, 0.5) is 4.79 Å². The molecule has 2 heterocycles. The predicted octanol–water partition coefficient (Wildman–Crippen LogP) is 0.902. The highest BCUT2D eigenvalue weighted by atomic mass is 16.5. The molecule has 6 heteroatoms. The van der Waals surface area contributed by atoms with Crippen LogP contribution in [0.25, 0.3) is 0 Å². The lowest BCUT2D eigenvalue weighted by molar-refractivity contribution is -0.125. The molecule has 0 bridgehead atoms. The summed E-state index contributed by atoms with van der Waals surface area (Å²) in [5.41, 5.74) is -0.384. The molecule has 0 aliphatic carbocycles. The quantitative estimate of drug-likeness (QED) is 0.776. The second kappa shape index (κ2) is 4.15. The molecule has 6 nitrogen and oxygen atoms in total. The fourth-order valence-corrected chi connectivity index (χ4v) is 2.53. The minimum atomic E-state index is -1.03. The first-order chi connectivity index (χ1) is 9.15. The molecule has 1 unspecified atom stereocenters. The Balaban J connectivity index is 2.10. The van der Waals surface area contributed by atoms with E-state index < -0.39 is 11.6 Å². The number of rotatable bonds is 2. The normalized spacial score (nSPS) is 24.5. The Labute approximate surface area is 110 Å². The lowest BCUT2D eigenvalue weighted by Crippen LogP contribution is -2.47. The number of nitrogens with one attached hydrogen (secondary N) is 2. The Kier molecular flexibility index (Phi) is 2.58. The number of amides is 3. The van der Waals surface area contributed by atoms with Crippen molar-refractivity contribution in [1.82, 2.24) is 10.6 Å². The zero-order valence-electron chi connectivity index (χ0n) is 10.5. The van der Waals surface area contributed by atoms with Gasteiger partial charge in [-0.15, -0.1) is 0 Å². The van der Waals surface area contributed by atoms with E-state index in [1.165, 1.54) is 0 Å². The highest BCUT2D eigenvalue weighted by Crippen LogP contribution is 2.40. The van der Waals surface area contributed by atoms with E-state index in [4.69, 9.17) is 9.47 Å². The van der Waals surface area contributed by atoms with Crippen molar-refractivity contribution in [3.63, 3.8) is 0 Å². The summed E-state index contributed by atoms with van der Waals surface area (Å²) in [4.78, 5) is 23.5. The van der Waals surface area contributed by atoms with Crippen molar-refractivity contribution in [2.24, 2.45) is 0 Å². The van der Waals surface area contributed by atoms with E-state index in [2.05, 4.69) is 10.6 Å². The maximum absolute atomic E-state index is 12.1. The number of ether oxygens (including phenoxy) is 2. The first-order valence-electron chi connectivity index (χ1n) is 6.19. The van der Waals surface area contributed by atoms with Crippen LogP contribution < -0.4 is 20.1 Å². The SMILES string of the molecule is CCOc1ccc2c(c1)C1(CCO2)NC(=O)NC1=O. The van der Waals surface area contributed by atoms with Gasteiger partial charge in [0, 0.05) is 12.0 Å². The van der Waals surface area contributed by atoms with Crippen molar-refractivity contribution >= 4 is 11.9 Å². The Morgan fingerprint density at radius 2 is 2.26 bits per heavy atom. The molecule has 1 fully saturated rings. The summed E-state index contributed by atoms with van der Waals surface area (Å²) in [6.07, 6.45) is 0.410. The number of urea groups is 1. The molecule has 19 heavy (non-hydrogen) atoms. The summed E-state index contributed by atoms with van der Waals surface area (Å²) in [5, 5.41) is 4.99. The Hall–Kier alpha value is -2.24. The van der Waals surface area contributed by atoms with Gasteiger partial charge in [-0.2, -0.15) is 0 Å². The Bertz CT molecular complexity index is 558. The van der Waals surface area contributed by atoms with Gasteiger partial charge in [-0.3, -0.25) is 10.1 Å². The second-order valence-corrected chi connectivity index (χ2v) is 4.50. The number of hydrogen-bond acceptors (Lipinski definition) is 4. The van der Waals surface area contributed by atoms with Crippen LogP contribution in [0.2, 0.25) is 0 Å². The third-order valence-corrected chi connectivity index (χ3v) is 3.40. The van der Waals surface area contributed by atoms with Gasteiger partial charge in [-0.05, 0) is 25.1 Å². The Morgan fingerprint density at radius 3 is 2.95 bits per heavy atom. The van der Waals surface area contributed by atoms with E-state index in [0.29, 0.717) is 36.7 Å². The fourth-order valence-electron chi connectivity index (χ4n) is 2.53. The fraction of sp³-hybridized carbons (Fsp3) is 0.385. The maximum Gasteiger partial charge on any atom is 0.322 e. The minimum Gasteiger partial charge on any atom is -0.494 e. The standard InChI is InChI=1S/C13H14N2O4/c1-2-18-8-3-4-10-9(7-8)13(5-6-19-10)11(16)14-12(17)15-13/h3-4,7H,2,5-6H2,1H3,(H2,14,15,16,17). The van der Waals surface area contributed by atoms with Gasteiger partial charge < -0.3 is 14.8 Å². The average Bonchev–Trinajstić information content (AvgIpc) is 2.66. The molecule has 3 amide bonds. The van der Waals surface area contributed by atoms with Crippen molar-refractivity contribution in [3.05, 3.63) is 23.8 Å². The van der Waals surface area contributed by atoms with Crippen molar-refractivity contribution in [2.45, 2.75) is 18.9 Å². The van der Waals surface area contributed by atoms with Gasteiger partial charge in [-0.1, -0.05) is 0 Å². The van der Waals surface area contributed by atoms with Crippen LogP contribution in [0, 0.1) is 0 Å². The highest BCUT2D eigenvalue weighted by Gasteiger charge is 2.51. The average molecular weight is 262 g/mol. The number of imide groups is 1. The van der Waals surface area contributed by atoms with Crippen LogP contribution in [-0.2, 0) is 10.3 Å². The summed E-state index contributed by atoms with van der Waals surface area (Å²) in [6, 6.07) is 4.83. The molecule has 1 aromatic carbocycles. The zero-order valence-corrected chi connectivity index (χ0v) is 10.5. The van der Waals surface area contributed by atoms with Gasteiger partial charge >= 0.3 is 6.03 Å². The van der Waals surface area contributed by atoms with E-state index in [1.54, 1.807) is 18.2 Å². The number of carbonyl (C=O) groups excluding carboxylic acids is 2. The van der Waals surface area contributed by atoms with Gasteiger partial charge in [0.2, 0.25) is 0 Å². The lowest BCUT2D eigenvalue weighted by Gasteiger charge is -2.32. The van der Waals surface area contributed by atoms with Crippen LogP contribution in [0.5, 0.6) is 11.5 Å². The van der Waals surface area contributed by atoms with Crippen molar-refractivity contribution in [2.75, 3.05) is 13.2 Å².